The Hall–Kier alpha value is -0.220. The smallest absolute Gasteiger partial charge is 0.261 e. The maximum Gasteiger partial charge on any atom is 0.261 e. The summed E-state index contributed by atoms with van der Waals surface area (Å²) in [5.41, 5.74) is 0. The third-order valence-electron chi connectivity index (χ3n) is 1.57. The van der Waals surface area contributed by atoms with Crippen LogP contribution in [0.5, 0.6) is 0 Å². The van der Waals surface area contributed by atoms with Crippen molar-refractivity contribution in [2.45, 2.75) is 32.8 Å². The lowest BCUT2D eigenvalue weighted by Crippen LogP contribution is -2.18. The normalized spacial score (nSPS) is 14.2. The lowest BCUT2D eigenvalue weighted by atomic mass is 10.1. The van der Waals surface area contributed by atoms with Gasteiger partial charge in [0.2, 0.25) is 0 Å². The summed E-state index contributed by atoms with van der Waals surface area (Å²) >= 11 is 0. The zero-order chi connectivity index (χ0) is 9.56. The van der Waals surface area contributed by atoms with Gasteiger partial charge in [-0.3, -0.25) is 0 Å². The number of ether oxygens (including phenoxy) is 1. The average Bonchev–Trinajstić information content (AvgIpc) is 1.97. The fraction of sp³-hybridized carbons (Fsp3) is 1.00. The minimum atomic E-state index is -2.42. The summed E-state index contributed by atoms with van der Waals surface area (Å²) in [6, 6.07) is 0. The topological polar surface area (TPSA) is 29.5 Å². The van der Waals surface area contributed by atoms with Gasteiger partial charge in [-0.15, -0.1) is 0 Å². The van der Waals surface area contributed by atoms with Crippen molar-refractivity contribution in [1.82, 2.24) is 0 Å². The molecule has 2 nitrogen and oxygen atoms in total. The molecule has 0 aromatic rings. The van der Waals surface area contributed by atoms with Gasteiger partial charge in [0.15, 0.2) is 0 Å². The summed E-state index contributed by atoms with van der Waals surface area (Å²) in [7, 11) is 0. The molecule has 4 heteroatoms. The van der Waals surface area contributed by atoms with Crippen LogP contribution in [-0.4, -0.2) is 30.8 Å². The zero-order valence-electron chi connectivity index (χ0n) is 7.46. The minimum Gasteiger partial charge on any atom is -0.393 e. The summed E-state index contributed by atoms with van der Waals surface area (Å²) in [6.07, 6.45) is -2.45. The van der Waals surface area contributed by atoms with E-state index < -0.39 is 19.1 Å². The maximum absolute atomic E-state index is 11.5. The van der Waals surface area contributed by atoms with E-state index in [1.165, 1.54) is 0 Å². The Morgan fingerprint density at radius 2 is 1.92 bits per heavy atom. The maximum atomic E-state index is 11.5. The second kappa shape index (κ2) is 6.31. The van der Waals surface area contributed by atoms with E-state index in [1.54, 1.807) is 0 Å². The molecule has 0 aromatic heterocycles. The first-order valence-corrected chi connectivity index (χ1v) is 4.08. The van der Waals surface area contributed by atoms with Gasteiger partial charge in [0.05, 0.1) is 6.10 Å². The molecule has 1 atom stereocenters. The molecule has 0 amide bonds. The van der Waals surface area contributed by atoms with E-state index in [4.69, 9.17) is 0 Å². The Labute approximate surface area is 71.5 Å². The molecule has 0 saturated heterocycles. The number of halogens is 2. The Morgan fingerprint density at radius 3 is 2.33 bits per heavy atom. The molecule has 0 aliphatic rings. The first-order valence-electron chi connectivity index (χ1n) is 4.08. The van der Waals surface area contributed by atoms with Gasteiger partial charge in [0, 0.05) is 6.61 Å². The second-order valence-corrected chi connectivity index (χ2v) is 3.07. The summed E-state index contributed by atoms with van der Waals surface area (Å²) in [5.74, 6) is 0.153. The van der Waals surface area contributed by atoms with Crippen molar-refractivity contribution in [1.29, 1.82) is 0 Å². The Balaban J connectivity index is 3.20. The van der Waals surface area contributed by atoms with Gasteiger partial charge in [-0.25, -0.2) is 8.78 Å². The zero-order valence-corrected chi connectivity index (χ0v) is 7.46. The van der Waals surface area contributed by atoms with Crippen LogP contribution in [0.25, 0.3) is 0 Å². The predicted octanol–water partition coefficient (Wildman–Crippen LogP) is 1.68. The largest absolute Gasteiger partial charge is 0.393 e. The third-order valence-corrected chi connectivity index (χ3v) is 1.57. The second-order valence-electron chi connectivity index (χ2n) is 3.07. The number of aliphatic hydroxyl groups excluding tert-OH is 1. The highest BCUT2D eigenvalue weighted by atomic mass is 19.3. The lowest BCUT2D eigenvalue weighted by Gasteiger charge is -2.13. The standard InChI is InChI=1S/C8H16F2O2/c1-6(2)7(11)3-4-12-5-8(9)10/h6-8,11H,3-5H2,1-2H3. The Morgan fingerprint density at radius 1 is 1.33 bits per heavy atom. The van der Waals surface area contributed by atoms with Crippen molar-refractivity contribution < 1.29 is 18.6 Å². The van der Waals surface area contributed by atoms with Crippen molar-refractivity contribution >= 4 is 0 Å². The first kappa shape index (κ1) is 11.8. The third kappa shape index (κ3) is 6.49. The first-order chi connectivity index (χ1) is 5.54. The van der Waals surface area contributed by atoms with E-state index in [2.05, 4.69) is 4.74 Å². The molecule has 12 heavy (non-hydrogen) atoms. The van der Waals surface area contributed by atoms with Crippen LogP contribution < -0.4 is 0 Å². The highest BCUT2D eigenvalue weighted by molar-refractivity contribution is 4.58. The molecule has 1 unspecified atom stereocenters. The van der Waals surface area contributed by atoms with E-state index >= 15 is 0 Å². The molecule has 0 radical (unpaired) electrons. The van der Waals surface area contributed by atoms with Crippen LogP contribution in [0.1, 0.15) is 20.3 Å². The monoisotopic (exact) mass is 182 g/mol. The van der Waals surface area contributed by atoms with Gasteiger partial charge in [-0.2, -0.15) is 0 Å². The molecule has 0 aliphatic heterocycles. The molecule has 0 rings (SSSR count). The molecule has 74 valence electrons. The number of hydrogen-bond acceptors (Lipinski definition) is 2. The van der Waals surface area contributed by atoms with Crippen molar-refractivity contribution in [3.05, 3.63) is 0 Å². The fourth-order valence-corrected chi connectivity index (χ4v) is 0.710. The predicted molar refractivity (Wildman–Crippen MR) is 42.3 cm³/mol. The average molecular weight is 182 g/mol. The van der Waals surface area contributed by atoms with Crippen LogP contribution in [0.15, 0.2) is 0 Å². The summed E-state index contributed by atoms with van der Waals surface area (Å²) in [5, 5.41) is 9.22. The molecule has 1 N–H and O–H groups in total. The van der Waals surface area contributed by atoms with Crippen LogP contribution in [0.2, 0.25) is 0 Å². The van der Waals surface area contributed by atoms with Gasteiger partial charge in [0.25, 0.3) is 6.43 Å². The molecular formula is C8H16F2O2. The molecule has 0 fully saturated rings. The van der Waals surface area contributed by atoms with Crippen LogP contribution in [0, 0.1) is 5.92 Å². The van der Waals surface area contributed by atoms with Crippen LogP contribution in [0.3, 0.4) is 0 Å². The van der Waals surface area contributed by atoms with E-state index in [0.29, 0.717) is 6.42 Å². The molecular weight excluding hydrogens is 166 g/mol. The van der Waals surface area contributed by atoms with Crippen molar-refractivity contribution in [2.24, 2.45) is 5.92 Å². The summed E-state index contributed by atoms with van der Waals surface area (Å²) in [4.78, 5) is 0. The summed E-state index contributed by atoms with van der Waals surface area (Å²) < 4.78 is 27.7. The summed E-state index contributed by atoms with van der Waals surface area (Å²) in [6.45, 7) is 3.41. The fourth-order valence-electron chi connectivity index (χ4n) is 0.710. The molecule has 0 aromatic carbocycles. The highest BCUT2D eigenvalue weighted by Crippen LogP contribution is 2.05. The highest BCUT2D eigenvalue weighted by Gasteiger charge is 2.09. The van der Waals surface area contributed by atoms with Gasteiger partial charge in [-0.1, -0.05) is 13.8 Å². The van der Waals surface area contributed by atoms with Crippen molar-refractivity contribution in [2.75, 3.05) is 13.2 Å². The van der Waals surface area contributed by atoms with Crippen LogP contribution >= 0.6 is 0 Å². The quantitative estimate of drug-likeness (QED) is 0.633. The van der Waals surface area contributed by atoms with Crippen molar-refractivity contribution in [3.8, 4) is 0 Å². The molecule has 0 bridgehead atoms. The van der Waals surface area contributed by atoms with E-state index in [1.807, 2.05) is 13.8 Å². The van der Waals surface area contributed by atoms with E-state index in [-0.39, 0.29) is 12.5 Å². The van der Waals surface area contributed by atoms with Gasteiger partial charge < -0.3 is 9.84 Å². The van der Waals surface area contributed by atoms with Gasteiger partial charge in [-0.05, 0) is 12.3 Å². The molecule has 0 aliphatic carbocycles. The van der Waals surface area contributed by atoms with Gasteiger partial charge >= 0.3 is 0 Å². The Kier molecular flexibility index (Phi) is 6.20. The van der Waals surface area contributed by atoms with E-state index in [9.17, 15) is 13.9 Å². The molecule has 0 saturated carbocycles. The molecule has 0 spiro atoms. The number of aliphatic hydroxyl groups is 1. The lowest BCUT2D eigenvalue weighted by molar-refractivity contribution is -0.000309. The minimum absolute atomic E-state index is 0.153. The van der Waals surface area contributed by atoms with Gasteiger partial charge in [0.1, 0.15) is 6.61 Å². The Bertz CT molecular complexity index is 107. The van der Waals surface area contributed by atoms with Crippen molar-refractivity contribution in [3.63, 3.8) is 0 Å². The molecule has 0 heterocycles. The number of rotatable bonds is 6. The number of hydrogen-bond donors (Lipinski definition) is 1. The van der Waals surface area contributed by atoms with Crippen LogP contribution in [-0.2, 0) is 4.74 Å². The number of alkyl halides is 2. The SMILES string of the molecule is CC(C)C(O)CCOCC(F)F. The van der Waals surface area contributed by atoms with E-state index in [0.717, 1.165) is 0 Å². The van der Waals surface area contributed by atoms with Crippen LogP contribution in [0.4, 0.5) is 8.78 Å².